The summed E-state index contributed by atoms with van der Waals surface area (Å²) in [6, 6.07) is 22.8. The third-order valence-electron chi connectivity index (χ3n) is 4.82. The van der Waals surface area contributed by atoms with Crippen molar-refractivity contribution in [2.75, 3.05) is 7.11 Å². The van der Waals surface area contributed by atoms with Gasteiger partial charge in [-0.1, -0.05) is 58.4 Å². The Balaban J connectivity index is 1.54. The third-order valence-corrected chi connectivity index (χ3v) is 5.31. The molecule has 0 aliphatic heterocycles. The van der Waals surface area contributed by atoms with E-state index in [0.717, 1.165) is 32.3 Å². The minimum absolute atomic E-state index is 0.0586. The number of methoxy groups -OCH3 is 1. The second-order valence-electron chi connectivity index (χ2n) is 6.90. The van der Waals surface area contributed by atoms with Gasteiger partial charge >= 0.3 is 0 Å². The Bertz CT molecular complexity index is 1260. The maximum atomic E-state index is 12.4. The Kier molecular flexibility index (Phi) is 6.43. The second-order valence-corrected chi connectivity index (χ2v) is 7.81. The first-order valence-corrected chi connectivity index (χ1v) is 10.5. The van der Waals surface area contributed by atoms with E-state index in [4.69, 9.17) is 9.47 Å². The van der Waals surface area contributed by atoms with E-state index in [1.165, 1.54) is 0 Å². The number of para-hydroxylation sites is 1. The van der Waals surface area contributed by atoms with E-state index in [-0.39, 0.29) is 5.78 Å². The number of hydrogen-bond acceptors (Lipinski definition) is 4. The average molecular weight is 474 g/mol. The number of carbonyl (C=O) groups excluding carboxylic acids is 1. The molecule has 0 atom stereocenters. The Morgan fingerprint density at radius 3 is 2.68 bits per heavy atom. The molecular weight excluding hydrogens is 454 g/mol. The van der Waals surface area contributed by atoms with Gasteiger partial charge in [-0.05, 0) is 48.0 Å². The largest absolute Gasteiger partial charge is 0.496 e. The monoisotopic (exact) mass is 473 g/mol. The van der Waals surface area contributed by atoms with Crippen LogP contribution in [0.5, 0.6) is 11.5 Å². The number of ketones is 1. The van der Waals surface area contributed by atoms with Crippen molar-refractivity contribution in [1.29, 1.82) is 0 Å². The number of pyridine rings is 1. The van der Waals surface area contributed by atoms with Crippen LogP contribution in [0, 0.1) is 0 Å². The fourth-order valence-electron chi connectivity index (χ4n) is 3.27. The number of allylic oxidation sites excluding steroid dienone is 1. The normalized spacial score (nSPS) is 11.0. The predicted octanol–water partition coefficient (Wildman–Crippen LogP) is 6.48. The molecule has 3 aromatic carbocycles. The Morgan fingerprint density at radius 1 is 1.00 bits per heavy atom. The molecule has 1 aromatic heterocycles. The molecule has 5 heteroatoms. The van der Waals surface area contributed by atoms with Gasteiger partial charge in [-0.15, -0.1) is 0 Å². The molecule has 0 saturated heterocycles. The zero-order chi connectivity index (χ0) is 21.6. The maximum absolute atomic E-state index is 12.4. The summed E-state index contributed by atoms with van der Waals surface area (Å²) in [4.78, 5) is 16.9. The predicted molar refractivity (Wildman–Crippen MR) is 127 cm³/mol. The number of nitrogens with zero attached hydrogens (tertiary/aromatic N) is 1. The number of ether oxygens (including phenoxy) is 2. The molecule has 0 bridgehead atoms. The van der Waals surface area contributed by atoms with Crippen molar-refractivity contribution in [3.05, 3.63) is 106 Å². The minimum atomic E-state index is -0.0586. The minimum Gasteiger partial charge on any atom is -0.496 e. The Morgan fingerprint density at radius 2 is 1.84 bits per heavy atom. The number of fused-ring (bicyclic) bond motifs is 1. The molecule has 0 aliphatic carbocycles. The molecule has 4 nitrogen and oxygen atoms in total. The number of halogens is 1. The molecule has 0 radical (unpaired) electrons. The molecule has 0 fully saturated rings. The summed E-state index contributed by atoms with van der Waals surface area (Å²) in [5, 5.41) is 1.02. The van der Waals surface area contributed by atoms with Gasteiger partial charge in [-0.2, -0.15) is 0 Å². The summed E-state index contributed by atoms with van der Waals surface area (Å²) in [6.07, 6.45) is 5.12. The van der Waals surface area contributed by atoms with Crippen LogP contribution in [-0.4, -0.2) is 17.9 Å². The average Bonchev–Trinajstić information content (AvgIpc) is 2.81. The zero-order valence-corrected chi connectivity index (χ0v) is 18.5. The number of hydrogen-bond donors (Lipinski definition) is 0. The molecule has 0 aliphatic rings. The molecule has 0 unspecified atom stereocenters. The summed E-state index contributed by atoms with van der Waals surface area (Å²) in [7, 11) is 1.63. The first-order valence-electron chi connectivity index (χ1n) is 9.75. The fourth-order valence-corrected chi connectivity index (χ4v) is 3.67. The van der Waals surface area contributed by atoms with Crippen LogP contribution >= 0.6 is 15.9 Å². The van der Waals surface area contributed by atoms with Gasteiger partial charge in [-0.3, -0.25) is 9.78 Å². The highest BCUT2D eigenvalue weighted by atomic mass is 79.9. The van der Waals surface area contributed by atoms with E-state index in [1.807, 2.05) is 60.7 Å². The van der Waals surface area contributed by atoms with Crippen LogP contribution < -0.4 is 9.47 Å². The van der Waals surface area contributed by atoms with E-state index < -0.39 is 0 Å². The fraction of sp³-hybridized carbons (Fsp3) is 0.0769. The van der Waals surface area contributed by atoms with Crippen LogP contribution in [0.1, 0.15) is 21.5 Å². The molecular formula is C26H20BrNO3. The van der Waals surface area contributed by atoms with Gasteiger partial charge in [0.25, 0.3) is 0 Å². The van der Waals surface area contributed by atoms with Gasteiger partial charge in [-0.25, -0.2) is 0 Å². The zero-order valence-electron chi connectivity index (χ0n) is 16.9. The molecule has 0 spiro atoms. The van der Waals surface area contributed by atoms with Crippen molar-refractivity contribution >= 4 is 38.7 Å². The Labute approximate surface area is 189 Å². The molecule has 4 aromatic rings. The van der Waals surface area contributed by atoms with Gasteiger partial charge in [0.05, 0.1) is 7.11 Å². The summed E-state index contributed by atoms with van der Waals surface area (Å²) in [5.74, 6) is 1.38. The van der Waals surface area contributed by atoms with E-state index in [0.29, 0.717) is 17.9 Å². The summed E-state index contributed by atoms with van der Waals surface area (Å²) < 4.78 is 12.4. The molecule has 0 N–H and O–H groups in total. The number of rotatable bonds is 7. The highest BCUT2D eigenvalue weighted by Crippen LogP contribution is 2.27. The molecule has 31 heavy (non-hydrogen) atoms. The van der Waals surface area contributed by atoms with Crippen LogP contribution in [0.2, 0.25) is 0 Å². The third kappa shape index (κ3) is 5.01. The van der Waals surface area contributed by atoms with Crippen LogP contribution in [0.25, 0.3) is 17.0 Å². The van der Waals surface area contributed by atoms with Crippen molar-refractivity contribution < 1.29 is 14.3 Å². The lowest BCUT2D eigenvalue weighted by molar-refractivity contribution is 0.104. The highest BCUT2D eigenvalue weighted by Gasteiger charge is 2.08. The molecule has 0 amide bonds. The number of benzene rings is 3. The molecule has 154 valence electrons. The van der Waals surface area contributed by atoms with Gasteiger partial charge in [0, 0.05) is 27.2 Å². The van der Waals surface area contributed by atoms with Crippen molar-refractivity contribution in [2.24, 2.45) is 0 Å². The van der Waals surface area contributed by atoms with Crippen LogP contribution in [-0.2, 0) is 6.61 Å². The van der Waals surface area contributed by atoms with Gasteiger partial charge < -0.3 is 9.47 Å². The Hall–Kier alpha value is -3.44. The SMILES string of the molecule is COc1ccc(/C=C/C(=O)c2cccc(Br)c2)cc1COc1cccc2cccnc12. The van der Waals surface area contributed by atoms with E-state index in [2.05, 4.69) is 20.9 Å². The standard InChI is InChI=1S/C26H20BrNO3/c1-30-24-13-11-18(10-12-23(29)20-6-2-8-22(27)16-20)15-21(24)17-31-25-9-3-5-19-7-4-14-28-26(19)25/h2-16H,17H2,1H3/b12-10+. The van der Waals surface area contributed by atoms with E-state index in [1.54, 1.807) is 37.6 Å². The summed E-state index contributed by atoms with van der Waals surface area (Å²) in [5.41, 5.74) is 3.22. The lowest BCUT2D eigenvalue weighted by atomic mass is 10.1. The van der Waals surface area contributed by atoms with Crippen LogP contribution in [0.15, 0.2) is 89.5 Å². The summed E-state index contributed by atoms with van der Waals surface area (Å²) >= 11 is 3.39. The molecule has 0 saturated carbocycles. The summed E-state index contributed by atoms with van der Waals surface area (Å²) in [6.45, 7) is 0.320. The first kappa shape index (κ1) is 20.8. The molecule has 4 rings (SSSR count). The van der Waals surface area contributed by atoms with Crippen molar-refractivity contribution in [3.8, 4) is 11.5 Å². The first-order chi connectivity index (χ1) is 15.1. The van der Waals surface area contributed by atoms with Crippen molar-refractivity contribution in [2.45, 2.75) is 6.61 Å². The van der Waals surface area contributed by atoms with E-state index in [9.17, 15) is 4.79 Å². The smallest absolute Gasteiger partial charge is 0.185 e. The van der Waals surface area contributed by atoms with Crippen LogP contribution in [0.4, 0.5) is 0 Å². The van der Waals surface area contributed by atoms with Gasteiger partial charge in [0.2, 0.25) is 0 Å². The lowest BCUT2D eigenvalue weighted by Crippen LogP contribution is -2.00. The quantitative estimate of drug-likeness (QED) is 0.227. The van der Waals surface area contributed by atoms with Crippen molar-refractivity contribution in [1.82, 2.24) is 4.98 Å². The maximum Gasteiger partial charge on any atom is 0.185 e. The number of carbonyl (C=O) groups is 1. The lowest BCUT2D eigenvalue weighted by Gasteiger charge is -2.12. The molecule has 1 heterocycles. The second kappa shape index (κ2) is 9.58. The van der Waals surface area contributed by atoms with Gasteiger partial charge in [0.1, 0.15) is 23.6 Å². The van der Waals surface area contributed by atoms with Crippen LogP contribution in [0.3, 0.4) is 0 Å². The highest BCUT2D eigenvalue weighted by molar-refractivity contribution is 9.10. The number of aromatic nitrogens is 1. The van der Waals surface area contributed by atoms with E-state index >= 15 is 0 Å². The van der Waals surface area contributed by atoms with Gasteiger partial charge in [0.15, 0.2) is 5.78 Å². The topological polar surface area (TPSA) is 48.4 Å². The van der Waals surface area contributed by atoms with Crippen molar-refractivity contribution in [3.63, 3.8) is 0 Å².